The van der Waals surface area contributed by atoms with Crippen molar-refractivity contribution in [1.29, 1.82) is 0 Å². The summed E-state index contributed by atoms with van der Waals surface area (Å²) in [4.78, 5) is 24.2. The summed E-state index contributed by atoms with van der Waals surface area (Å²) in [7, 11) is -2.72. The summed E-state index contributed by atoms with van der Waals surface area (Å²) in [5.41, 5.74) is 4.39. The number of hydrogen-bond acceptors (Lipinski definition) is 6. The molecule has 8 heteroatoms. The molecule has 1 heterocycles. The van der Waals surface area contributed by atoms with E-state index < -0.39 is 26.5 Å². The summed E-state index contributed by atoms with van der Waals surface area (Å²) < 4.78 is 27.9. The third kappa shape index (κ3) is 11.5. The molecule has 0 aromatic carbocycles. The number of carbonyl (C=O) groups is 2. The number of hydrogen-bond donors (Lipinski definition) is 1. The molecule has 0 aliphatic carbocycles. The lowest BCUT2D eigenvalue weighted by Gasteiger charge is -2.21. The van der Waals surface area contributed by atoms with E-state index in [1.54, 1.807) is 0 Å². The van der Waals surface area contributed by atoms with Gasteiger partial charge in [0.25, 0.3) is 5.91 Å². The monoisotopic (exact) mass is 428 g/mol. The highest BCUT2D eigenvalue weighted by atomic mass is 32.2. The molecule has 1 amide bonds. The summed E-state index contributed by atoms with van der Waals surface area (Å²) >= 11 is 0. The molecule has 0 aromatic rings. The summed E-state index contributed by atoms with van der Waals surface area (Å²) in [6.45, 7) is 10.1. The van der Waals surface area contributed by atoms with Gasteiger partial charge in [-0.2, -0.15) is 4.36 Å². The minimum atomic E-state index is -2.72. The predicted octanol–water partition coefficient (Wildman–Crippen LogP) is 2.17. The Morgan fingerprint density at radius 3 is 2.03 bits per heavy atom. The molecule has 0 unspecified atom stereocenters. The molecule has 0 saturated carbocycles. The van der Waals surface area contributed by atoms with Crippen molar-refractivity contribution in [3.63, 3.8) is 0 Å². The Morgan fingerprint density at radius 1 is 0.931 bits per heavy atom. The summed E-state index contributed by atoms with van der Waals surface area (Å²) in [6, 6.07) is 0. The first-order chi connectivity index (χ1) is 13.5. The molecule has 1 aliphatic heterocycles. The van der Waals surface area contributed by atoms with Crippen LogP contribution in [0.15, 0.2) is 4.36 Å². The molecule has 166 valence electrons. The second-order valence-electron chi connectivity index (χ2n) is 8.72. The number of nitrogens with zero attached hydrogens (tertiary/aromatic N) is 1. The standard InChI is InChI=1S/C21H36N2O5S/c1-20(2)9-10-21(3,4)17-29(26,16-20)23-19(25)8-7-18(24)6-5-12-27-14-15-28-13-11-22/h5-8,11-17,22H2,1-4H3. The van der Waals surface area contributed by atoms with Crippen LogP contribution in [0.2, 0.25) is 0 Å². The highest BCUT2D eigenvalue weighted by Crippen LogP contribution is 2.29. The molecule has 0 radical (unpaired) electrons. The Labute approximate surface area is 175 Å². The maximum Gasteiger partial charge on any atom is 0.254 e. The van der Waals surface area contributed by atoms with Gasteiger partial charge in [-0.15, -0.1) is 0 Å². The van der Waals surface area contributed by atoms with Crippen molar-refractivity contribution >= 4 is 21.4 Å². The highest BCUT2D eigenvalue weighted by Gasteiger charge is 2.32. The van der Waals surface area contributed by atoms with Gasteiger partial charge in [0, 0.05) is 54.7 Å². The van der Waals surface area contributed by atoms with Crippen LogP contribution in [0, 0.1) is 22.7 Å². The van der Waals surface area contributed by atoms with Gasteiger partial charge in [0.05, 0.1) is 29.5 Å². The number of Topliss-reactive ketones (excluding diaryl/α,β-unsaturated/α-hetero) is 1. The van der Waals surface area contributed by atoms with Gasteiger partial charge in [0.1, 0.15) is 5.78 Å². The quantitative estimate of drug-likeness (QED) is 0.377. The molecule has 2 N–H and O–H groups in total. The Hall–Kier alpha value is -1.27. The Kier molecular flexibility index (Phi) is 10.5. The highest BCUT2D eigenvalue weighted by molar-refractivity contribution is 7.94. The lowest BCUT2D eigenvalue weighted by molar-refractivity contribution is -0.123. The number of ketones is 1. The van der Waals surface area contributed by atoms with E-state index in [-0.39, 0.29) is 30.1 Å². The number of ether oxygens (including phenoxy) is 2. The van der Waals surface area contributed by atoms with E-state index >= 15 is 0 Å². The van der Waals surface area contributed by atoms with Gasteiger partial charge in [-0.1, -0.05) is 11.8 Å². The molecule has 1 aliphatic rings. The molecule has 0 atom stereocenters. The van der Waals surface area contributed by atoms with E-state index in [4.69, 9.17) is 15.2 Å². The molecule has 0 bridgehead atoms. The average molecular weight is 429 g/mol. The third-order valence-corrected chi connectivity index (χ3v) is 7.06. The SMILES string of the molecule is CC1(C)C#CC(C)(C)CS(=O)(=NC(=O)CCC(=O)CCCOCCOCCN)C1. The molecule has 1 rings (SSSR count). The number of rotatable bonds is 12. The number of nitrogens with two attached hydrogens (primary N) is 1. The summed E-state index contributed by atoms with van der Waals surface area (Å²) in [5, 5.41) is 0. The van der Waals surface area contributed by atoms with E-state index in [0.717, 1.165) is 0 Å². The molecule has 29 heavy (non-hydrogen) atoms. The molecular weight excluding hydrogens is 392 g/mol. The van der Waals surface area contributed by atoms with E-state index in [2.05, 4.69) is 16.2 Å². The smallest absolute Gasteiger partial charge is 0.254 e. The number of carbonyl (C=O) groups excluding carboxylic acids is 2. The van der Waals surface area contributed by atoms with Crippen LogP contribution in [0.25, 0.3) is 0 Å². The van der Waals surface area contributed by atoms with Crippen molar-refractivity contribution < 1.29 is 23.3 Å². The van der Waals surface area contributed by atoms with Crippen LogP contribution in [0.4, 0.5) is 0 Å². The van der Waals surface area contributed by atoms with Crippen LogP contribution >= 0.6 is 0 Å². The molecule has 0 aromatic heterocycles. The summed E-state index contributed by atoms with van der Waals surface area (Å²) in [6.07, 6.45) is 1.05. The number of amides is 1. The second kappa shape index (κ2) is 11.8. The molecule has 0 fully saturated rings. The Morgan fingerprint density at radius 2 is 1.48 bits per heavy atom. The van der Waals surface area contributed by atoms with Gasteiger partial charge in [-0.3, -0.25) is 9.59 Å². The first-order valence-corrected chi connectivity index (χ1v) is 12.0. The molecule has 0 saturated heterocycles. The van der Waals surface area contributed by atoms with Gasteiger partial charge in [-0.05, 0) is 34.1 Å². The maximum absolute atomic E-state index is 13.3. The van der Waals surface area contributed by atoms with Crippen molar-refractivity contribution in [3.05, 3.63) is 0 Å². The maximum atomic E-state index is 13.3. The van der Waals surface area contributed by atoms with Crippen LogP contribution in [0.5, 0.6) is 0 Å². The van der Waals surface area contributed by atoms with Crippen LogP contribution in [0.1, 0.15) is 53.4 Å². The van der Waals surface area contributed by atoms with Crippen LogP contribution in [-0.4, -0.2) is 60.4 Å². The predicted molar refractivity (Wildman–Crippen MR) is 115 cm³/mol. The normalized spacial score (nSPS) is 18.9. The first kappa shape index (κ1) is 25.8. The van der Waals surface area contributed by atoms with Crippen molar-refractivity contribution in [1.82, 2.24) is 0 Å². The molecule has 0 spiro atoms. The molecular formula is C21H36N2O5S. The van der Waals surface area contributed by atoms with Gasteiger partial charge >= 0.3 is 0 Å². The largest absolute Gasteiger partial charge is 0.379 e. The fourth-order valence-corrected chi connectivity index (χ4v) is 6.13. The van der Waals surface area contributed by atoms with Gasteiger partial charge in [0.15, 0.2) is 0 Å². The Balaban J connectivity index is 2.40. The lowest BCUT2D eigenvalue weighted by Crippen LogP contribution is -2.28. The lowest BCUT2D eigenvalue weighted by atomic mass is 9.92. The van der Waals surface area contributed by atoms with Crippen LogP contribution in [0.3, 0.4) is 0 Å². The van der Waals surface area contributed by atoms with Crippen molar-refractivity contribution in [2.75, 3.05) is 44.5 Å². The zero-order valence-corrected chi connectivity index (χ0v) is 19.1. The van der Waals surface area contributed by atoms with Crippen LogP contribution in [-0.2, 0) is 28.8 Å². The fraction of sp³-hybridized carbons (Fsp3) is 0.810. The van der Waals surface area contributed by atoms with E-state index in [0.29, 0.717) is 45.8 Å². The van der Waals surface area contributed by atoms with E-state index in [1.807, 2.05) is 27.7 Å². The van der Waals surface area contributed by atoms with Crippen molar-refractivity contribution in [2.24, 2.45) is 20.9 Å². The van der Waals surface area contributed by atoms with Crippen molar-refractivity contribution in [2.45, 2.75) is 53.4 Å². The van der Waals surface area contributed by atoms with Gasteiger partial charge in [0.2, 0.25) is 0 Å². The average Bonchev–Trinajstić information content (AvgIpc) is 2.67. The minimum absolute atomic E-state index is 0.00861. The third-order valence-electron chi connectivity index (χ3n) is 4.18. The Bertz CT molecular complexity index is 712. The zero-order chi connectivity index (χ0) is 22.0. The second-order valence-corrected chi connectivity index (χ2v) is 11.0. The van der Waals surface area contributed by atoms with Gasteiger partial charge in [-0.25, -0.2) is 4.21 Å². The minimum Gasteiger partial charge on any atom is -0.379 e. The van der Waals surface area contributed by atoms with Crippen LogP contribution < -0.4 is 5.73 Å². The molecule has 7 nitrogen and oxygen atoms in total. The summed E-state index contributed by atoms with van der Waals surface area (Å²) in [5.74, 6) is 6.36. The fourth-order valence-electron chi connectivity index (χ4n) is 3.03. The topological polar surface area (TPSA) is 108 Å². The van der Waals surface area contributed by atoms with E-state index in [9.17, 15) is 13.8 Å². The van der Waals surface area contributed by atoms with E-state index in [1.165, 1.54) is 0 Å². The van der Waals surface area contributed by atoms with Gasteiger partial charge < -0.3 is 15.2 Å². The zero-order valence-electron chi connectivity index (χ0n) is 18.3. The first-order valence-electron chi connectivity index (χ1n) is 10.1. The van der Waals surface area contributed by atoms with Crippen molar-refractivity contribution in [3.8, 4) is 11.8 Å².